The van der Waals surface area contributed by atoms with E-state index in [-0.39, 0.29) is 17.6 Å². The molecule has 6 aromatic carbocycles. The van der Waals surface area contributed by atoms with Gasteiger partial charge in [-0.15, -0.1) is 0 Å². The zero-order valence-corrected chi connectivity index (χ0v) is 29.3. The summed E-state index contributed by atoms with van der Waals surface area (Å²) in [7, 11) is 0. The monoisotopic (exact) mass is 689 g/mol. The summed E-state index contributed by atoms with van der Waals surface area (Å²) in [5.41, 5.74) is 5.65. The third-order valence-electron chi connectivity index (χ3n) is 11.3. The molecule has 53 heavy (non-hydrogen) atoms. The molecule has 2 aliphatic carbocycles. The van der Waals surface area contributed by atoms with Crippen molar-refractivity contribution < 1.29 is 14.4 Å². The average molecular weight is 690 g/mol. The van der Waals surface area contributed by atoms with Crippen LogP contribution in [-0.4, -0.2) is 17.6 Å². The van der Waals surface area contributed by atoms with Gasteiger partial charge in [0.05, 0.1) is 39.7 Å². The van der Waals surface area contributed by atoms with E-state index in [4.69, 9.17) is 0 Å². The Morgan fingerprint density at radius 3 is 1.25 bits per heavy atom. The summed E-state index contributed by atoms with van der Waals surface area (Å²) >= 11 is 0. The molecule has 256 valence electrons. The number of imide groups is 1. The van der Waals surface area contributed by atoms with E-state index in [0.717, 1.165) is 33.4 Å². The van der Waals surface area contributed by atoms with Crippen LogP contribution in [0.4, 0.5) is 17.1 Å². The predicted octanol–water partition coefficient (Wildman–Crippen LogP) is 9.91. The fourth-order valence-corrected chi connectivity index (χ4v) is 9.10. The number of nitrogens with zero attached hydrogens (tertiary/aromatic N) is 3. The molecule has 3 aliphatic rings. The van der Waals surface area contributed by atoms with E-state index in [1.54, 1.807) is 24.3 Å². The minimum absolute atomic E-state index is 0.137. The lowest BCUT2D eigenvalue weighted by Crippen LogP contribution is -2.45. The summed E-state index contributed by atoms with van der Waals surface area (Å²) in [6.45, 7) is 4.07. The van der Waals surface area contributed by atoms with Gasteiger partial charge < -0.3 is 0 Å². The summed E-state index contributed by atoms with van der Waals surface area (Å²) in [5.74, 6) is -2.90. The molecule has 1 heterocycles. The van der Waals surface area contributed by atoms with E-state index < -0.39 is 22.7 Å². The quantitative estimate of drug-likeness (QED) is 0.124. The van der Waals surface area contributed by atoms with E-state index in [2.05, 4.69) is 10.2 Å². The first-order valence-electron chi connectivity index (χ1n) is 17.9. The Balaban J connectivity index is 1.31. The van der Waals surface area contributed by atoms with Gasteiger partial charge >= 0.3 is 0 Å². The molecule has 0 unspecified atom stereocenters. The Bertz CT molecular complexity index is 2330. The normalized spacial score (nSPS) is 23.4. The van der Waals surface area contributed by atoms with Gasteiger partial charge in [-0.05, 0) is 83.6 Å². The molecule has 2 amide bonds. The van der Waals surface area contributed by atoms with Crippen molar-refractivity contribution >= 4 is 45.8 Å². The Morgan fingerprint density at radius 2 is 0.830 bits per heavy atom. The van der Waals surface area contributed by atoms with Gasteiger partial charge in [-0.25, -0.2) is 4.90 Å². The van der Waals surface area contributed by atoms with Crippen LogP contribution in [0.5, 0.6) is 0 Å². The second kappa shape index (κ2) is 12.3. The van der Waals surface area contributed by atoms with Crippen molar-refractivity contribution in [1.29, 1.82) is 0 Å². The highest BCUT2D eigenvalue weighted by atomic mass is 16.2. The molecule has 1 aliphatic heterocycles. The first kappa shape index (κ1) is 32.4. The summed E-state index contributed by atoms with van der Waals surface area (Å²) in [5, 5.41) is 8.69. The van der Waals surface area contributed by atoms with Gasteiger partial charge in [-0.3, -0.25) is 14.4 Å². The number of rotatable bonds is 7. The SMILES string of the molecule is Cc1ccc(C2=C(c3ccc(C)cc3)[C@@]3(c4ccccc4)C(=O)[C@@]2(c2ccccc2)[C@H]2C(=O)N(c4ccc(N=Nc5ccccc5)cc4)C(=O)[C@@H]23)cc1. The van der Waals surface area contributed by atoms with Gasteiger partial charge in [0.15, 0.2) is 5.78 Å². The summed E-state index contributed by atoms with van der Waals surface area (Å²) < 4.78 is 0. The number of allylic oxidation sites excluding steroid dienone is 2. The second-order valence-electron chi connectivity index (χ2n) is 14.2. The molecule has 4 atom stereocenters. The van der Waals surface area contributed by atoms with Crippen LogP contribution in [0.2, 0.25) is 0 Å². The van der Waals surface area contributed by atoms with Crippen molar-refractivity contribution in [3.05, 3.63) is 197 Å². The standard InChI is InChI=1S/C47H35N3O3/c1-30-18-22-32(23-19-30)39-40(33-24-20-31(2)21-25-33)47(35-14-8-4-9-15-35)42-41(46(39,45(47)53)34-12-6-3-7-13-34)43(51)50(44(42)52)38-28-26-37(27-29-38)49-48-36-16-10-5-11-17-36/h3-29,41-42H,1-2H3/t41-,42-,46-,47-/m1/s1. The van der Waals surface area contributed by atoms with Crippen LogP contribution in [0.3, 0.4) is 0 Å². The van der Waals surface area contributed by atoms with E-state index in [9.17, 15) is 0 Å². The molecule has 6 heteroatoms. The molecule has 2 fully saturated rings. The van der Waals surface area contributed by atoms with Gasteiger partial charge in [-0.2, -0.15) is 10.2 Å². The van der Waals surface area contributed by atoms with Crippen molar-refractivity contribution in [3.63, 3.8) is 0 Å². The molecule has 1 saturated heterocycles. The first-order chi connectivity index (χ1) is 25.9. The Morgan fingerprint density at radius 1 is 0.453 bits per heavy atom. The molecule has 0 N–H and O–H groups in total. The molecule has 6 nitrogen and oxygen atoms in total. The number of anilines is 1. The zero-order chi connectivity index (χ0) is 36.3. The maximum absolute atomic E-state index is 16.1. The topological polar surface area (TPSA) is 79.2 Å². The number of azo groups is 1. The maximum atomic E-state index is 16.1. The largest absolute Gasteiger partial charge is 0.297 e. The number of ketones is 1. The number of carbonyl (C=O) groups is 3. The van der Waals surface area contributed by atoms with Gasteiger partial charge in [-0.1, -0.05) is 139 Å². The van der Waals surface area contributed by atoms with Crippen molar-refractivity contribution in [3.8, 4) is 0 Å². The van der Waals surface area contributed by atoms with Crippen molar-refractivity contribution in [2.24, 2.45) is 22.1 Å². The minimum atomic E-state index is -1.46. The first-order valence-corrected chi connectivity index (χ1v) is 17.9. The third kappa shape index (κ3) is 4.61. The second-order valence-corrected chi connectivity index (χ2v) is 14.2. The fourth-order valence-electron chi connectivity index (χ4n) is 9.10. The van der Waals surface area contributed by atoms with Gasteiger partial charge in [0.25, 0.3) is 0 Å². The molecular weight excluding hydrogens is 655 g/mol. The highest BCUT2D eigenvalue weighted by Gasteiger charge is 2.82. The maximum Gasteiger partial charge on any atom is 0.239 e. The minimum Gasteiger partial charge on any atom is -0.297 e. The Labute approximate surface area is 308 Å². The third-order valence-corrected chi connectivity index (χ3v) is 11.3. The van der Waals surface area contributed by atoms with Gasteiger partial charge in [0.1, 0.15) is 0 Å². The lowest BCUT2D eigenvalue weighted by atomic mass is 9.59. The molecule has 0 spiro atoms. The Kier molecular flexibility index (Phi) is 7.52. The number of Topliss-reactive ketones (excluding diaryl/α,β-unsaturated/α-hetero) is 1. The van der Waals surface area contributed by atoms with Crippen LogP contribution in [0.15, 0.2) is 174 Å². The van der Waals surface area contributed by atoms with Crippen LogP contribution >= 0.6 is 0 Å². The smallest absolute Gasteiger partial charge is 0.239 e. The van der Waals surface area contributed by atoms with Crippen LogP contribution < -0.4 is 4.90 Å². The highest BCUT2D eigenvalue weighted by molar-refractivity contribution is 6.39. The molecule has 0 radical (unpaired) electrons. The van der Waals surface area contributed by atoms with Crippen LogP contribution in [-0.2, 0) is 25.2 Å². The number of aryl methyl sites for hydroxylation is 2. The molecule has 9 rings (SSSR count). The van der Waals surface area contributed by atoms with Crippen molar-refractivity contribution in [2.45, 2.75) is 24.7 Å². The lowest BCUT2D eigenvalue weighted by molar-refractivity contribution is -0.130. The molecule has 0 aromatic heterocycles. The Hall–Kier alpha value is -6.53. The predicted molar refractivity (Wildman–Crippen MR) is 207 cm³/mol. The number of amides is 2. The number of hydrogen-bond donors (Lipinski definition) is 0. The molecule has 1 saturated carbocycles. The number of carbonyl (C=O) groups excluding carboxylic acids is 3. The summed E-state index contributed by atoms with van der Waals surface area (Å²) in [4.78, 5) is 48.0. The molecular formula is C47H35N3O3. The van der Waals surface area contributed by atoms with E-state index in [1.807, 2.05) is 153 Å². The summed E-state index contributed by atoms with van der Waals surface area (Å²) in [6, 6.07) is 52.0. The van der Waals surface area contributed by atoms with Gasteiger partial charge in [0.2, 0.25) is 11.8 Å². The number of benzene rings is 6. The fraction of sp³-hybridized carbons (Fsp3) is 0.128. The van der Waals surface area contributed by atoms with Crippen LogP contribution in [0, 0.1) is 25.7 Å². The number of fused-ring (bicyclic) bond motifs is 5. The van der Waals surface area contributed by atoms with Crippen LogP contribution in [0.25, 0.3) is 11.1 Å². The van der Waals surface area contributed by atoms with Crippen LogP contribution in [0.1, 0.15) is 33.4 Å². The zero-order valence-electron chi connectivity index (χ0n) is 29.3. The molecule has 6 aromatic rings. The number of hydrogen-bond acceptors (Lipinski definition) is 5. The van der Waals surface area contributed by atoms with E-state index >= 15 is 14.4 Å². The van der Waals surface area contributed by atoms with Crippen molar-refractivity contribution in [1.82, 2.24) is 0 Å². The lowest BCUT2D eigenvalue weighted by Gasteiger charge is -2.39. The van der Waals surface area contributed by atoms with E-state index in [0.29, 0.717) is 28.2 Å². The van der Waals surface area contributed by atoms with Gasteiger partial charge in [0, 0.05) is 0 Å². The highest BCUT2D eigenvalue weighted by Crippen LogP contribution is 2.74. The van der Waals surface area contributed by atoms with Crippen molar-refractivity contribution in [2.75, 3.05) is 4.90 Å². The molecule has 2 bridgehead atoms. The van der Waals surface area contributed by atoms with E-state index in [1.165, 1.54) is 4.90 Å². The summed E-state index contributed by atoms with van der Waals surface area (Å²) in [6.07, 6.45) is 0. The average Bonchev–Trinajstić information content (AvgIpc) is 3.71.